The molecule has 0 heterocycles. The van der Waals surface area contributed by atoms with Gasteiger partial charge in [0.15, 0.2) is 0 Å². The molecule has 0 aromatic heterocycles. The molecule has 0 saturated heterocycles. The molecule has 0 bridgehead atoms. The van der Waals surface area contributed by atoms with Gasteiger partial charge in [0, 0.05) is 27.7 Å². The summed E-state index contributed by atoms with van der Waals surface area (Å²) in [4.78, 5) is 36.0. The van der Waals surface area contributed by atoms with Crippen molar-refractivity contribution in [2.75, 3.05) is 0 Å². The van der Waals surface area contributed by atoms with E-state index in [0.29, 0.717) is 0 Å². The molecule has 14 heteroatoms. The molecule has 2 radical (unpaired) electrons. The maximum absolute atomic E-state index is 9.00. The van der Waals surface area contributed by atoms with E-state index in [0.717, 1.165) is 27.7 Å². The van der Waals surface area contributed by atoms with Gasteiger partial charge in [-0.15, -0.1) is 6.58 Å². The minimum Gasteiger partial charge on any atom is -0.481 e. The molecule has 25 heavy (non-hydrogen) atoms. The summed E-state index contributed by atoms with van der Waals surface area (Å²) >= 11 is 0. The second kappa shape index (κ2) is 76.6. The Balaban J connectivity index is -0.0000000103. The molecule has 0 aliphatic rings. The van der Waals surface area contributed by atoms with Gasteiger partial charge in [0.05, 0.1) is 0 Å². The third kappa shape index (κ3) is 20200. The first-order valence-electron chi connectivity index (χ1n) is 4.70. The number of allylic oxidation sites excluding steroid dienone is 1. The Morgan fingerprint density at radius 2 is 0.680 bits per heavy atom. The van der Waals surface area contributed by atoms with Crippen LogP contribution < -0.4 is 41.9 Å². The third-order valence-electron chi connectivity index (χ3n) is 0. The van der Waals surface area contributed by atoms with Gasteiger partial charge in [0.2, 0.25) is 0 Å². The Labute approximate surface area is 187 Å². The van der Waals surface area contributed by atoms with Crippen LogP contribution in [0, 0.1) is 0 Å². The van der Waals surface area contributed by atoms with Crippen molar-refractivity contribution in [3.8, 4) is 0 Å². The van der Waals surface area contributed by atoms with Gasteiger partial charge in [-0.2, -0.15) is 0 Å². The van der Waals surface area contributed by atoms with E-state index in [1.54, 1.807) is 6.08 Å². The van der Waals surface area contributed by atoms with Crippen molar-refractivity contribution in [3.63, 3.8) is 0 Å². The number of aliphatic carboxylic acids is 4. The van der Waals surface area contributed by atoms with Crippen molar-refractivity contribution >= 4 is 48.3 Å². The summed E-state index contributed by atoms with van der Waals surface area (Å²) in [5, 5.41) is 29.7. The first-order chi connectivity index (χ1) is 8.34. The van der Waals surface area contributed by atoms with Crippen LogP contribution in [0.1, 0.15) is 34.6 Å². The van der Waals surface area contributed by atoms with Crippen LogP contribution >= 0.6 is 0 Å². The molecule has 0 fully saturated rings. The van der Waals surface area contributed by atoms with Crippen molar-refractivity contribution < 1.29 is 80.1 Å². The molecule has 14 N–H and O–H groups in total. The smallest absolute Gasteiger partial charge is 0.481 e. The molecule has 12 nitrogen and oxygen atoms in total. The number of carboxylic acid groups (broad SMARTS) is 4. The van der Waals surface area contributed by atoms with Gasteiger partial charge in [0.25, 0.3) is 23.9 Å². The van der Waals surface area contributed by atoms with E-state index < -0.39 is 23.9 Å². The van der Waals surface area contributed by atoms with Gasteiger partial charge < -0.3 is 43.7 Å². The number of hydrogen-bond acceptors (Lipinski definition) is 6. The van der Waals surface area contributed by atoms with E-state index in [4.69, 9.17) is 39.6 Å². The summed E-state index contributed by atoms with van der Waals surface area (Å²) in [5.41, 5.74) is 0. The van der Waals surface area contributed by atoms with Crippen LogP contribution in [0.4, 0.5) is 0 Å². The molecule has 0 rings (SSSR count). The predicted molar refractivity (Wildman–Crippen MR) is 92.1 cm³/mol. The maximum Gasteiger partial charge on any atom is 3.00 e. The number of carboxylic acids is 4. The zero-order valence-corrected chi connectivity index (χ0v) is 20.1. The van der Waals surface area contributed by atoms with E-state index >= 15 is 0 Å². The first kappa shape index (κ1) is 74.6. The van der Waals surface area contributed by atoms with Crippen molar-refractivity contribution in [2.24, 2.45) is 0 Å². The Morgan fingerprint density at radius 3 is 0.680 bits per heavy atom. The average Bonchev–Trinajstić information content (AvgIpc) is 1.97. The van der Waals surface area contributed by atoms with Gasteiger partial charge in [0.1, 0.15) is 0 Å². The monoisotopic (exact) mass is 496 g/mol. The molecule has 0 aromatic carbocycles. The van der Waals surface area contributed by atoms with E-state index in [1.807, 2.05) is 6.92 Å². The van der Waals surface area contributed by atoms with Crippen molar-refractivity contribution in [2.45, 2.75) is 34.6 Å². The standard InChI is InChI=1S/C3H6.4C2H4O2.2H3N.Na.2H2O.Sb/c1-3-2;4*1-2(3)4;;;;;;/h3H,1H2,2H3;4*1H3,(H,3,4);2*1H3;;2*1H2;/q;;;;;;;+1;;;+3. The fourth-order valence-corrected chi connectivity index (χ4v) is 0. The topological polar surface area (TPSA) is 282 Å². The molecule has 0 aromatic rings. The number of rotatable bonds is 0. The van der Waals surface area contributed by atoms with Crippen LogP contribution in [0.2, 0.25) is 0 Å². The fraction of sp³-hybridized carbons (Fsp3) is 0.455. The van der Waals surface area contributed by atoms with Crippen LogP contribution in [0.5, 0.6) is 0 Å². The van der Waals surface area contributed by atoms with Crippen LogP contribution in [0.3, 0.4) is 0 Å². The quantitative estimate of drug-likeness (QED) is 0.144. The van der Waals surface area contributed by atoms with Gasteiger partial charge in [-0.05, 0) is 6.92 Å². The van der Waals surface area contributed by atoms with Crippen molar-refractivity contribution in [1.29, 1.82) is 0 Å². The summed E-state index contributed by atoms with van der Waals surface area (Å²) in [6.07, 6.45) is 1.75. The van der Waals surface area contributed by atoms with Crippen LogP contribution in [-0.2, 0) is 19.2 Å². The van der Waals surface area contributed by atoms with Crippen LogP contribution in [0.25, 0.3) is 0 Å². The molecule has 148 valence electrons. The molecule has 0 saturated carbocycles. The SMILES string of the molecule is C=CC.CC(=O)O.CC(=O)O.CC(=O)O.CC(=O)O.N.N.O.O.[Na+].[Sb+3]. The van der Waals surface area contributed by atoms with Crippen molar-refractivity contribution in [1.82, 2.24) is 12.3 Å². The summed E-state index contributed by atoms with van der Waals surface area (Å²) in [6, 6.07) is 0. The van der Waals surface area contributed by atoms with E-state index in [9.17, 15) is 0 Å². The number of carbonyl (C=O) groups is 4. The summed E-state index contributed by atoms with van der Waals surface area (Å²) in [5.74, 6) is -3.33. The minimum atomic E-state index is -0.833. The Bertz CT molecular complexity index is 218. The largest absolute Gasteiger partial charge is 3.00 e. The Kier molecular flexibility index (Phi) is 229. The molecule has 0 unspecified atom stereocenters. The van der Waals surface area contributed by atoms with E-state index in [2.05, 4.69) is 6.58 Å². The second-order valence-corrected chi connectivity index (χ2v) is 2.48. The molecule has 0 atom stereocenters. The predicted octanol–water partition coefficient (Wildman–Crippen LogP) is -3.15. The molecular formula is C11H32N2NaO10Sb+4. The zero-order chi connectivity index (χ0) is 17.0. The molecule has 0 spiro atoms. The Hall–Kier alpha value is -0.722. The van der Waals surface area contributed by atoms with Crippen LogP contribution in [0.15, 0.2) is 12.7 Å². The van der Waals surface area contributed by atoms with Gasteiger partial charge >= 0.3 is 54.0 Å². The minimum absolute atomic E-state index is 0. The Morgan fingerprint density at radius 1 is 0.680 bits per heavy atom. The van der Waals surface area contributed by atoms with Gasteiger partial charge in [-0.1, -0.05) is 6.08 Å². The van der Waals surface area contributed by atoms with E-state index in [1.165, 1.54) is 0 Å². The molecule has 0 amide bonds. The normalized spacial score (nSPS) is 4.52. The fourth-order valence-electron chi connectivity index (χ4n) is 0. The van der Waals surface area contributed by atoms with Crippen LogP contribution in [-0.4, -0.2) is 79.7 Å². The summed E-state index contributed by atoms with van der Waals surface area (Å²) in [6.45, 7) is 9.58. The summed E-state index contributed by atoms with van der Waals surface area (Å²) in [7, 11) is 0. The molecular weight excluding hydrogens is 465 g/mol. The second-order valence-electron chi connectivity index (χ2n) is 2.48. The molecule has 0 aliphatic heterocycles. The third-order valence-corrected chi connectivity index (χ3v) is 0. The van der Waals surface area contributed by atoms with Gasteiger partial charge in [-0.3, -0.25) is 19.2 Å². The van der Waals surface area contributed by atoms with Crippen molar-refractivity contribution in [3.05, 3.63) is 12.7 Å². The number of hydrogen-bond donors (Lipinski definition) is 6. The molecule has 0 aliphatic carbocycles. The summed E-state index contributed by atoms with van der Waals surface area (Å²) < 4.78 is 0. The van der Waals surface area contributed by atoms with E-state index in [-0.39, 0.29) is 77.2 Å². The maximum atomic E-state index is 9.00. The first-order valence-corrected chi connectivity index (χ1v) is 4.70. The van der Waals surface area contributed by atoms with Gasteiger partial charge in [-0.25, -0.2) is 0 Å². The zero-order valence-electron chi connectivity index (χ0n) is 15.6. The average molecular weight is 497 g/mol.